The molecule has 0 unspecified atom stereocenters. The first-order valence-electron chi connectivity index (χ1n) is 6.02. The van der Waals surface area contributed by atoms with Crippen LogP contribution in [0.25, 0.3) is 10.8 Å². The number of carbonyl (C=O) groups excluding carboxylic acids is 1. The Morgan fingerprint density at radius 2 is 1.80 bits per heavy atom. The number of halogens is 1. The second-order valence-corrected chi connectivity index (χ2v) is 4.20. The average molecular weight is 267 g/mol. The van der Waals surface area contributed by atoms with Crippen molar-refractivity contribution in [3.63, 3.8) is 0 Å². The molecule has 1 amide bonds. The van der Waals surface area contributed by atoms with Gasteiger partial charge in [0.1, 0.15) is 5.82 Å². The van der Waals surface area contributed by atoms with Gasteiger partial charge in [0, 0.05) is 17.1 Å². The van der Waals surface area contributed by atoms with Crippen molar-refractivity contribution in [1.29, 1.82) is 0 Å². The van der Waals surface area contributed by atoms with E-state index in [4.69, 9.17) is 0 Å². The van der Waals surface area contributed by atoms with Crippen LogP contribution < -0.4 is 5.32 Å². The molecule has 0 radical (unpaired) electrons. The van der Waals surface area contributed by atoms with E-state index >= 15 is 0 Å². The summed E-state index contributed by atoms with van der Waals surface area (Å²) in [5.41, 5.74) is 0.396. The summed E-state index contributed by atoms with van der Waals surface area (Å²) < 4.78 is 13.7. The summed E-state index contributed by atoms with van der Waals surface area (Å²) in [6, 6.07) is 12.9. The third-order valence-electron chi connectivity index (χ3n) is 2.93. The third-order valence-corrected chi connectivity index (χ3v) is 2.93. The number of anilines is 1. The lowest BCUT2D eigenvalue weighted by Gasteiger charge is -2.07. The number of rotatable bonds is 2. The van der Waals surface area contributed by atoms with Crippen LogP contribution in [-0.4, -0.2) is 16.1 Å². The van der Waals surface area contributed by atoms with Gasteiger partial charge >= 0.3 is 0 Å². The fourth-order valence-corrected chi connectivity index (χ4v) is 2.01. The van der Waals surface area contributed by atoms with Gasteiger partial charge in [0.25, 0.3) is 5.91 Å². The zero-order valence-electron chi connectivity index (χ0n) is 10.4. The molecule has 5 heteroatoms. The fourth-order valence-electron chi connectivity index (χ4n) is 2.01. The topological polar surface area (TPSA) is 54.9 Å². The Hall–Kier alpha value is -2.82. The van der Waals surface area contributed by atoms with Crippen LogP contribution in [0, 0.1) is 5.82 Å². The average Bonchev–Trinajstić information content (AvgIpc) is 2.49. The van der Waals surface area contributed by atoms with Crippen molar-refractivity contribution in [2.45, 2.75) is 0 Å². The standard InChI is InChI=1S/C15H10FN3O/c16-13-8-7-12(10-4-1-2-5-11(10)13)15(20)18-14-6-3-9-17-19-14/h1-9H,(H,18,19,20). The van der Waals surface area contributed by atoms with Crippen LogP contribution in [0.5, 0.6) is 0 Å². The number of carbonyl (C=O) groups is 1. The van der Waals surface area contributed by atoms with Crippen LogP contribution in [0.2, 0.25) is 0 Å². The van der Waals surface area contributed by atoms with Crippen molar-refractivity contribution in [3.05, 3.63) is 66.1 Å². The molecular formula is C15H10FN3O. The molecule has 0 aliphatic carbocycles. The van der Waals surface area contributed by atoms with Crippen molar-refractivity contribution in [2.24, 2.45) is 0 Å². The molecule has 2 aromatic carbocycles. The van der Waals surface area contributed by atoms with Crippen LogP contribution >= 0.6 is 0 Å². The Labute approximate surface area is 114 Å². The first-order chi connectivity index (χ1) is 9.75. The minimum Gasteiger partial charge on any atom is -0.305 e. The van der Waals surface area contributed by atoms with Gasteiger partial charge in [-0.05, 0) is 29.7 Å². The van der Waals surface area contributed by atoms with E-state index in [2.05, 4.69) is 15.5 Å². The SMILES string of the molecule is O=C(Nc1cccnn1)c1ccc(F)c2ccccc12. The number of hydrogen-bond donors (Lipinski definition) is 1. The van der Waals surface area contributed by atoms with Gasteiger partial charge in [0.2, 0.25) is 0 Å². The van der Waals surface area contributed by atoms with Crippen molar-refractivity contribution >= 4 is 22.5 Å². The Morgan fingerprint density at radius 1 is 1.00 bits per heavy atom. The molecular weight excluding hydrogens is 257 g/mol. The predicted octanol–water partition coefficient (Wildman–Crippen LogP) is 3.02. The molecule has 0 bridgehead atoms. The summed E-state index contributed by atoms with van der Waals surface area (Å²) in [4.78, 5) is 12.2. The van der Waals surface area contributed by atoms with E-state index in [9.17, 15) is 9.18 Å². The number of aromatic nitrogens is 2. The fraction of sp³-hybridized carbons (Fsp3) is 0. The monoisotopic (exact) mass is 267 g/mol. The summed E-state index contributed by atoms with van der Waals surface area (Å²) >= 11 is 0. The number of nitrogens with zero attached hydrogens (tertiary/aromatic N) is 2. The Morgan fingerprint density at radius 3 is 2.55 bits per heavy atom. The van der Waals surface area contributed by atoms with E-state index in [1.165, 1.54) is 18.3 Å². The van der Waals surface area contributed by atoms with Gasteiger partial charge < -0.3 is 5.32 Å². The first kappa shape index (κ1) is 12.2. The molecule has 98 valence electrons. The summed E-state index contributed by atoms with van der Waals surface area (Å²) in [5.74, 6) is -0.343. The van der Waals surface area contributed by atoms with Crippen molar-refractivity contribution in [3.8, 4) is 0 Å². The Balaban J connectivity index is 2.02. The molecule has 0 fully saturated rings. The zero-order chi connectivity index (χ0) is 13.9. The smallest absolute Gasteiger partial charge is 0.257 e. The van der Waals surface area contributed by atoms with Crippen LogP contribution in [0.15, 0.2) is 54.7 Å². The molecule has 4 nitrogen and oxygen atoms in total. The summed E-state index contributed by atoms with van der Waals surface area (Å²) in [5, 5.41) is 11.1. The van der Waals surface area contributed by atoms with Crippen molar-refractivity contribution in [1.82, 2.24) is 10.2 Å². The largest absolute Gasteiger partial charge is 0.305 e. The Bertz CT molecular complexity index is 774. The van der Waals surface area contributed by atoms with Gasteiger partial charge in [-0.25, -0.2) is 4.39 Å². The van der Waals surface area contributed by atoms with Crippen molar-refractivity contribution in [2.75, 3.05) is 5.32 Å². The van der Waals surface area contributed by atoms with Crippen molar-refractivity contribution < 1.29 is 9.18 Å². The number of fused-ring (bicyclic) bond motifs is 1. The van der Waals surface area contributed by atoms with Gasteiger partial charge in [0.05, 0.1) is 0 Å². The van der Waals surface area contributed by atoms with Gasteiger partial charge in [-0.3, -0.25) is 4.79 Å². The van der Waals surface area contributed by atoms with Gasteiger partial charge in [-0.2, -0.15) is 5.10 Å². The van der Waals surface area contributed by atoms with Crippen LogP contribution in [-0.2, 0) is 0 Å². The summed E-state index contributed by atoms with van der Waals surface area (Å²) in [6.45, 7) is 0. The second-order valence-electron chi connectivity index (χ2n) is 4.20. The zero-order valence-corrected chi connectivity index (χ0v) is 10.4. The lowest BCUT2D eigenvalue weighted by atomic mass is 10.0. The third kappa shape index (κ3) is 2.21. The van der Waals surface area contributed by atoms with E-state index in [0.29, 0.717) is 22.2 Å². The second kappa shape index (κ2) is 5.05. The summed E-state index contributed by atoms with van der Waals surface area (Å²) in [7, 11) is 0. The van der Waals surface area contributed by atoms with Gasteiger partial charge in [-0.1, -0.05) is 24.3 Å². The highest BCUT2D eigenvalue weighted by molar-refractivity contribution is 6.12. The molecule has 1 heterocycles. The molecule has 0 spiro atoms. The lowest BCUT2D eigenvalue weighted by molar-refractivity contribution is 0.102. The van der Waals surface area contributed by atoms with E-state index in [0.717, 1.165) is 0 Å². The van der Waals surface area contributed by atoms with E-state index in [1.54, 1.807) is 36.4 Å². The number of hydrogen-bond acceptors (Lipinski definition) is 3. The molecule has 0 atom stereocenters. The molecule has 0 aliphatic rings. The number of amides is 1. The van der Waals surface area contributed by atoms with E-state index < -0.39 is 0 Å². The molecule has 0 saturated heterocycles. The minimum atomic E-state index is -0.350. The molecule has 20 heavy (non-hydrogen) atoms. The highest BCUT2D eigenvalue weighted by Crippen LogP contribution is 2.22. The maximum Gasteiger partial charge on any atom is 0.257 e. The first-order valence-corrected chi connectivity index (χ1v) is 6.02. The van der Waals surface area contributed by atoms with Crippen LogP contribution in [0.3, 0.4) is 0 Å². The van der Waals surface area contributed by atoms with Crippen LogP contribution in [0.4, 0.5) is 10.2 Å². The molecule has 0 saturated carbocycles. The van der Waals surface area contributed by atoms with E-state index in [-0.39, 0.29) is 11.7 Å². The number of benzene rings is 2. The highest BCUT2D eigenvalue weighted by atomic mass is 19.1. The van der Waals surface area contributed by atoms with Gasteiger partial charge in [-0.15, -0.1) is 5.10 Å². The minimum absolute atomic E-state index is 0.346. The summed E-state index contributed by atoms with van der Waals surface area (Å²) in [6.07, 6.45) is 1.52. The molecule has 1 aromatic heterocycles. The normalized spacial score (nSPS) is 10.4. The lowest BCUT2D eigenvalue weighted by Crippen LogP contribution is -2.13. The quantitative estimate of drug-likeness (QED) is 0.776. The molecule has 3 rings (SSSR count). The van der Waals surface area contributed by atoms with E-state index in [1.807, 2.05) is 0 Å². The van der Waals surface area contributed by atoms with Gasteiger partial charge in [0.15, 0.2) is 5.82 Å². The Kier molecular flexibility index (Phi) is 3.09. The maximum absolute atomic E-state index is 13.7. The maximum atomic E-state index is 13.7. The highest BCUT2D eigenvalue weighted by Gasteiger charge is 2.12. The molecule has 3 aromatic rings. The molecule has 1 N–H and O–H groups in total. The number of nitrogens with one attached hydrogen (secondary N) is 1. The van der Waals surface area contributed by atoms with Crippen LogP contribution in [0.1, 0.15) is 10.4 Å². The predicted molar refractivity (Wildman–Crippen MR) is 73.9 cm³/mol. The molecule has 0 aliphatic heterocycles.